The molecule has 0 saturated heterocycles. The largest absolute Gasteiger partial charge is 0.497 e. The van der Waals surface area contributed by atoms with E-state index in [4.69, 9.17) is 14.2 Å². The number of ether oxygens (including phenoxy) is 3. The van der Waals surface area contributed by atoms with Crippen LogP contribution < -0.4 is 19.5 Å². The highest BCUT2D eigenvalue weighted by Crippen LogP contribution is 2.30. The molecule has 0 bridgehead atoms. The Morgan fingerprint density at radius 2 is 1.68 bits per heavy atom. The summed E-state index contributed by atoms with van der Waals surface area (Å²) in [4.78, 5) is 29.6. The molecule has 0 aliphatic carbocycles. The fourth-order valence-electron chi connectivity index (χ4n) is 4.66. The van der Waals surface area contributed by atoms with Gasteiger partial charge in [-0.05, 0) is 74.7 Å². The first kappa shape index (κ1) is 29.4. The van der Waals surface area contributed by atoms with Gasteiger partial charge in [-0.3, -0.25) is 9.59 Å². The maximum absolute atomic E-state index is 14.1. The second-order valence-electron chi connectivity index (χ2n) is 10.7. The number of aromatic nitrogens is 3. The quantitative estimate of drug-likeness (QED) is 0.294. The van der Waals surface area contributed by atoms with Crippen LogP contribution in [0.2, 0.25) is 0 Å². The third-order valence-corrected chi connectivity index (χ3v) is 6.58. The maximum Gasteiger partial charge on any atom is 0.247 e. The number of benzene rings is 3. The molecule has 216 valence electrons. The lowest BCUT2D eigenvalue weighted by atomic mass is 10.00. The summed E-state index contributed by atoms with van der Waals surface area (Å²) >= 11 is 0. The SMILES string of the molecule is COc1cccc([C@H](C(=O)NC(C)(C)C)N(CCc2ccc(OC)c(OC)c2)C(=O)Cn2nnc3ccccc32)c1. The minimum atomic E-state index is -0.924. The van der Waals surface area contributed by atoms with Crippen molar-refractivity contribution in [1.29, 1.82) is 0 Å². The zero-order valence-electron chi connectivity index (χ0n) is 24.4. The topological polar surface area (TPSA) is 108 Å². The van der Waals surface area contributed by atoms with E-state index in [1.165, 1.54) is 0 Å². The van der Waals surface area contributed by atoms with Gasteiger partial charge in [0.1, 0.15) is 23.9 Å². The molecule has 2 amide bonds. The second kappa shape index (κ2) is 12.7. The fourth-order valence-corrected chi connectivity index (χ4v) is 4.66. The lowest BCUT2D eigenvalue weighted by Crippen LogP contribution is -2.50. The molecule has 10 nitrogen and oxygen atoms in total. The highest BCUT2D eigenvalue weighted by atomic mass is 16.5. The average Bonchev–Trinajstić information content (AvgIpc) is 3.36. The summed E-state index contributed by atoms with van der Waals surface area (Å²) in [6, 6.07) is 19.4. The van der Waals surface area contributed by atoms with Crippen LogP contribution in [0, 0.1) is 0 Å². The van der Waals surface area contributed by atoms with Gasteiger partial charge in [0, 0.05) is 12.1 Å². The smallest absolute Gasteiger partial charge is 0.247 e. The van der Waals surface area contributed by atoms with E-state index < -0.39 is 11.6 Å². The lowest BCUT2D eigenvalue weighted by molar-refractivity contribution is -0.142. The zero-order chi connectivity index (χ0) is 29.6. The molecule has 10 heteroatoms. The molecule has 0 aliphatic heterocycles. The summed E-state index contributed by atoms with van der Waals surface area (Å²) < 4.78 is 17.9. The molecule has 1 aromatic heterocycles. The Labute approximate surface area is 240 Å². The van der Waals surface area contributed by atoms with E-state index in [9.17, 15) is 9.59 Å². The molecule has 0 saturated carbocycles. The number of amides is 2. The van der Waals surface area contributed by atoms with Gasteiger partial charge in [0.05, 0.1) is 26.8 Å². The first-order valence-electron chi connectivity index (χ1n) is 13.4. The molecular formula is C31H37N5O5. The van der Waals surface area contributed by atoms with Gasteiger partial charge in [0.25, 0.3) is 0 Å². The first-order valence-corrected chi connectivity index (χ1v) is 13.4. The number of rotatable bonds is 11. The number of para-hydroxylation sites is 1. The van der Waals surface area contributed by atoms with Crippen molar-refractivity contribution in [1.82, 2.24) is 25.2 Å². The van der Waals surface area contributed by atoms with Crippen LogP contribution in [0.1, 0.15) is 37.9 Å². The van der Waals surface area contributed by atoms with E-state index in [-0.39, 0.29) is 24.9 Å². The van der Waals surface area contributed by atoms with E-state index in [0.29, 0.717) is 34.7 Å². The molecule has 3 aromatic carbocycles. The summed E-state index contributed by atoms with van der Waals surface area (Å²) in [6.45, 7) is 5.89. The maximum atomic E-state index is 14.1. The van der Waals surface area contributed by atoms with Gasteiger partial charge >= 0.3 is 0 Å². The number of hydrogen-bond acceptors (Lipinski definition) is 7. The molecule has 0 unspecified atom stereocenters. The number of methoxy groups -OCH3 is 3. The van der Waals surface area contributed by atoms with Gasteiger partial charge < -0.3 is 24.4 Å². The standard InChI is InChI=1S/C31H37N5O5/c1-31(2,3)32-30(38)29(22-10-9-11-23(19-22)39-4)35(17-16-21-14-15-26(40-5)27(18-21)41-6)28(37)20-36-25-13-8-7-12-24(25)33-34-36/h7-15,18-19,29H,16-17,20H2,1-6H3,(H,32,38)/t29-/m1/s1. The van der Waals surface area contributed by atoms with Crippen LogP contribution in [0.15, 0.2) is 66.7 Å². The van der Waals surface area contributed by atoms with Gasteiger partial charge in [-0.25, -0.2) is 4.68 Å². The molecule has 1 heterocycles. The number of nitrogens with one attached hydrogen (secondary N) is 1. The van der Waals surface area contributed by atoms with Gasteiger partial charge in [-0.15, -0.1) is 5.10 Å². The van der Waals surface area contributed by atoms with Crippen LogP contribution in [-0.2, 0) is 22.6 Å². The Balaban J connectivity index is 1.74. The van der Waals surface area contributed by atoms with Crippen molar-refractivity contribution in [3.63, 3.8) is 0 Å². The Bertz CT molecular complexity index is 1510. The molecule has 4 rings (SSSR count). The van der Waals surface area contributed by atoms with Crippen molar-refractivity contribution >= 4 is 22.8 Å². The Morgan fingerprint density at radius 3 is 2.39 bits per heavy atom. The molecule has 1 N–H and O–H groups in total. The monoisotopic (exact) mass is 559 g/mol. The van der Waals surface area contributed by atoms with Crippen molar-refractivity contribution in [3.8, 4) is 17.2 Å². The fraction of sp³-hybridized carbons (Fsp3) is 0.355. The summed E-state index contributed by atoms with van der Waals surface area (Å²) in [5, 5.41) is 11.5. The van der Waals surface area contributed by atoms with Crippen LogP contribution in [0.3, 0.4) is 0 Å². The summed E-state index contributed by atoms with van der Waals surface area (Å²) in [6.07, 6.45) is 0.466. The van der Waals surface area contributed by atoms with Crippen LogP contribution in [0.5, 0.6) is 17.2 Å². The number of carbonyl (C=O) groups excluding carboxylic acids is 2. The van der Waals surface area contributed by atoms with E-state index in [1.807, 2.05) is 75.4 Å². The first-order chi connectivity index (χ1) is 19.6. The van der Waals surface area contributed by atoms with Crippen molar-refractivity contribution in [2.24, 2.45) is 0 Å². The number of hydrogen-bond donors (Lipinski definition) is 1. The normalized spacial score (nSPS) is 12.0. The highest BCUT2D eigenvalue weighted by molar-refractivity contribution is 5.89. The van der Waals surface area contributed by atoms with E-state index in [2.05, 4.69) is 15.6 Å². The Kier molecular flexibility index (Phi) is 9.11. The predicted octanol–water partition coefficient (Wildman–Crippen LogP) is 4.18. The number of nitrogens with zero attached hydrogens (tertiary/aromatic N) is 4. The van der Waals surface area contributed by atoms with Gasteiger partial charge in [0.15, 0.2) is 11.5 Å². The number of carbonyl (C=O) groups is 2. The van der Waals surface area contributed by atoms with Gasteiger partial charge in [-0.1, -0.05) is 35.5 Å². The van der Waals surface area contributed by atoms with Crippen molar-refractivity contribution < 1.29 is 23.8 Å². The van der Waals surface area contributed by atoms with Crippen LogP contribution in [-0.4, -0.2) is 65.1 Å². The van der Waals surface area contributed by atoms with Crippen molar-refractivity contribution in [3.05, 3.63) is 77.9 Å². The number of fused-ring (bicyclic) bond motifs is 1. The minimum absolute atomic E-state index is 0.0876. The van der Waals surface area contributed by atoms with Crippen LogP contribution in [0.25, 0.3) is 11.0 Å². The van der Waals surface area contributed by atoms with E-state index >= 15 is 0 Å². The highest BCUT2D eigenvalue weighted by Gasteiger charge is 2.34. The summed E-state index contributed by atoms with van der Waals surface area (Å²) in [7, 11) is 4.73. The molecule has 4 aromatic rings. The molecule has 0 aliphatic rings. The molecule has 0 spiro atoms. The molecule has 1 atom stereocenters. The third-order valence-electron chi connectivity index (χ3n) is 6.58. The van der Waals surface area contributed by atoms with Gasteiger partial charge in [-0.2, -0.15) is 0 Å². The minimum Gasteiger partial charge on any atom is -0.497 e. The molecular weight excluding hydrogens is 522 g/mol. The van der Waals surface area contributed by atoms with Crippen LogP contribution >= 0.6 is 0 Å². The van der Waals surface area contributed by atoms with Crippen molar-refractivity contribution in [2.45, 2.75) is 45.3 Å². The average molecular weight is 560 g/mol. The molecule has 0 fully saturated rings. The summed E-state index contributed by atoms with van der Waals surface area (Å²) in [5.41, 5.74) is 2.46. The third kappa shape index (κ3) is 7.13. The van der Waals surface area contributed by atoms with E-state index in [0.717, 1.165) is 11.1 Å². The van der Waals surface area contributed by atoms with E-state index in [1.54, 1.807) is 43.0 Å². The predicted molar refractivity (Wildman–Crippen MR) is 156 cm³/mol. The van der Waals surface area contributed by atoms with Crippen molar-refractivity contribution in [2.75, 3.05) is 27.9 Å². The molecule has 41 heavy (non-hydrogen) atoms. The second-order valence-corrected chi connectivity index (χ2v) is 10.7. The molecule has 0 radical (unpaired) electrons. The summed E-state index contributed by atoms with van der Waals surface area (Å²) in [5.74, 6) is 1.21. The zero-order valence-corrected chi connectivity index (χ0v) is 24.4. The van der Waals surface area contributed by atoms with Gasteiger partial charge in [0.2, 0.25) is 11.8 Å². The van der Waals surface area contributed by atoms with Crippen LogP contribution in [0.4, 0.5) is 0 Å². The lowest BCUT2D eigenvalue weighted by Gasteiger charge is -2.34. The Morgan fingerprint density at radius 1 is 0.927 bits per heavy atom. The Hall–Kier alpha value is -4.60.